The van der Waals surface area contributed by atoms with E-state index in [0.29, 0.717) is 12.4 Å². The van der Waals surface area contributed by atoms with Gasteiger partial charge in [0, 0.05) is 18.8 Å². The lowest BCUT2D eigenvalue weighted by atomic mass is 10.3. The van der Waals surface area contributed by atoms with Gasteiger partial charge in [-0.15, -0.1) is 0 Å². The maximum Gasteiger partial charge on any atom is 0.419 e. The van der Waals surface area contributed by atoms with Crippen LogP contribution in [0.25, 0.3) is 0 Å². The van der Waals surface area contributed by atoms with Crippen molar-refractivity contribution in [1.82, 2.24) is 9.97 Å². The van der Waals surface area contributed by atoms with Crippen molar-refractivity contribution >= 4 is 5.97 Å². The van der Waals surface area contributed by atoms with E-state index in [1.165, 1.54) is 0 Å². The molecule has 1 N–H and O–H groups in total. The Bertz CT molecular complexity index is 348. The van der Waals surface area contributed by atoms with Crippen LogP contribution in [0.4, 0.5) is 13.2 Å². The van der Waals surface area contributed by atoms with Crippen molar-refractivity contribution in [3.63, 3.8) is 0 Å². The Hall–Kier alpha value is -1.66. The molecule has 0 unspecified atom stereocenters. The molecule has 0 saturated carbocycles. The minimum absolute atomic E-state index is 0.0213. The molecule has 0 saturated heterocycles. The maximum absolute atomic E-state index is 12.1. The average Bonchev–Trinajstić information content (AvgIpc) is 2.14. The highest BCUT2D eigenvalue weighted by Crippen LogP contribution is 2.27. The predicted molar refractivity (Wildman–Crippen MR) is 43.0 cm³/mol. The summed E-state index contributed by atoms with van der Waals surface area (Å²) in [7, 11) is 0. The number of hydrogen-bond acceptors (Lipinski definition) is 3. The molecule has 0 bridgehead atoms. The molecule has 1 rings (SSSR count). The number of nitrogens with zero attached hydrogens (tertiary/aromatic N) is 2. The largest absolute Gasteiger partial charge is 0.481 e. The lowest BCUT2D eigenvalue weighted by Crippen LogP contribution is -2.08. The van der Waals surface area contributed by atoms with Crippen LogP contribution < -0.4 is 0 Å². The maximum atomic E-state index is 12.1. The summed E-state index contributed by atoms with van der Waals surface area (Å²) in [6.07, 6.45) is -3.36. The number of carboxylic acid groups (broad SMARTS) is 1. The van der Waals surface area contributed by atoms with Crippen LogP contribution in [0.2, 0.25) is 0 Å². The molecule has 15 heavy (non-hydrogen) atoms. The number of rotatable bonds is 3. The van der Waals surface area contributed by atoms with Crippen molar-refractivity contribution < 1.29 is 23.1 Å². The van der Waals surface area contributed by atoms with Crippen LogP contribution in [0.15, 0.2) is 12.4 Å². The third kappa shape index (κ3) is 3.53. The number of aromatic nitrogens is 2. The summed E-state index contributed by atoms with van der Waals surface area (Å²) >= 11 is 0. The van der Waals surface area contributed by atoms with Crippen LogP contribution in [0.1, 0.15) is 17.8 Å². The van der Waals surface area contributed by atoms with Gasteiger partial charge in [-0.1, -0.05) is 0 Å². The third-order valence-electron chi connectivity index (χ3n) is 1.60. The lowest BCUT2D eigenvalue weighted by Gasteiger charge is -2.05. The summed E-state index contributed by atoms with van der Waals surface area (Å²) in [6, 6.07) is 0. The van der Waals surface area contributed by atoms with Gasteiger partial charge in [-0.2, -0.15) is 13.2 Å². The molecule has 0 aliphatic carbocycles. The Kier molecular flexibility index (Phi) is 3.23. The number of carboxylic acids is 1. The van der Waals surface area contributed by atoms with Gasteiger partial charge in [-0.3, -0.25) is 4.79 Å². The van der Waals surface area contributed by atoms with Gasteiger partial charge < -0.3 is 5.11 Å². The first-order valence-corrected chi connectivity index (χ1v) is 3.99. The Labute approximate surface area is 82.8 Å². The highest BCUT2D eigenvalue weighted by atomic mass is 19.4. The van der Waals surface area contributed by atoms with Crippen LogP contribution >= 0.6 is 0 Å². The number of aliphatic carboxylic acids is 1. The number of hydrogen-bond donors (Lipinski definition) is 1. The van der Waals surface area contributed by atoms with Gasteiger partial charge in [0.1, 0.15) is 5.82 Å². The van der Waals surface area contributed by atoms with E-state index in [1.54, 1.807) is 0 Å². The molecule has 4 nitrogen and oxygen atoms in total. The number of carbonyl (C=O) groups is 1. The zero-order chi connectivity index (χ0) is 11.5. The quantitative estimate of drug-likeness (QED) is 0.838. The average molecular weight is 220 g/mol. The van der Waals surface area contributed by atoms with Crippen LogP contribution in [0.3, 0.4) is 0 Å². The minimum Gasteiger partial charge on any atom is -0.481 e. The molecule has 1 heterocycles. The molecule has 0 aromatic carbocycles. The van der Waals surface area contributed by atoms with Crippen molar-refractivity contribution in [2.45, 2.75) is 19.0 Å². The molecule has 1 aromatic rings. The van der Waals surface area contributed by atoms with Crippen LogP contribution in [-0.2, 0) is 17.4 Å². The number of alkyl halides is 3. The van der Waals surface area contributed by atoms with E-state index in [1.807, 2.05) is 0 Å². The third-order valence-corrected chi connectivity index (χ3v) is 1.60. The predicted octanol–water partition coefficient (Wildman–Crippen LogP) is 1.51. The highest BCUT2D eigenvalue weighted by molar-refractivity contribution is 5.66. The monoisotopic (exact) mass is 220 g/mol. The van der Waals surface area contributed by atoms with Crippen molar-refractivity contribution in [2.24, 2.45) is 0 Å². The molecule has 0 amide bonds. The summed E-state index contributed by atoms with van der Waals surface area (Å²) in [5, 5.41) is 8.32. The van der Waals surface area contributed by atoms with Gasteiger partial charge in [0.2, 0.25) is 0 Å². The zero-order valence-corrected chi connectivity index (χ0v) is 7.45. The first-order valence-electron chi connectivity index (χ1n) is 3.99. The van der Waals surface area contributed by atoms with Crippen molar-refractivity contribution in [3.05, 3.63) is 23.8 Å². The molecule has 0 atom stereocenters. The van der Waals surface area contributed by atoms with Gasteiger partial charge in [-0.05, 0) is 0 Å². The summed E-state index contributed by atoms with van der Waals surface area (Å²) in [4.78, 5) is 17.0. The van der Waals surface area contributed by atoms with Gasteiger partial charge in [0.25, 0.3) is 0 Å². The van der Waals surface area contributed by atoms with E-state index in [9.17, 15) is 18.0 Å². The second-order valence-electron chi connectivity index (χ2n) is 2.78. The summed E-state index contributed by atoms with van der Waals surface area (Å²) in [6.45, 7) is 0. The zero-order valence-electron chi connectivity index (χ0n) is 7.45. The van der Waals surface area contributed by atoms with E-state index in [4.69, 9.17) is 5.11 Å². The molecule has 0 aliphatic rings. The second-order valence-corrected chi connectivity index (χ2v) is 2.78. The fourth-order valence-electron chi connectivity index (χ4n) is 0.849. The van der Waals surface area contributed by atoms with Gasteiger partial charge in [0.15, 0.2) is 0 Å². The van der Waals surface area contributed by atoms with Gasteiger partial charge in [-0.25, -0.2) is 9.97 Å². The summed E-state index contributed by atoms with van der Waals surface area (Å²) < 4.78 is 36.2. The Balaban J connectivity index is 2.69. The highest BCUT2D eigenvalue weighted by Gasteiger charge is 2.31. The fraction of sp³-hybridized carbons (Fsp3) is 0.375. The minimum atomic E-state index is -4.47. The number of halogens is 3. The van der Waals surface area contributed by atoms with E-state index in [2.05, 4.69) is 9.97 Å². The smallest absolute Gasteiger partial charge is 0.419 e. The lowest BCUT2D eigenvalue weighted by molar-refractivity contribution is -0.138. The van der Waals surface area contributed by atoms with E-state index >= 15 is 0 Å². The molecule has 0 radical (unpaired) electrons. The standard InChI is InChI=1S/C8H7F3N2O2/c9-8(10,11)5-3-12-6(13-4-5)1-2-7(14)15/h3-4H,1-2H2,(H,14,15). The van der Waals surface area contributed by atoms with Crippen molar-refractivity contribution in [3.8, 4) is 0 Å². The van der Waals surface area contributed by atoms with Gasteiger partial charge >= 0.3 is 12.1 Å². The molecule has 0 fully saturated rings. The molecule has 82 valence electrons. The molecule has 0 aliphatic heterocycles. The Morgan fingerprint density at radius 1 is 1.33 bits per heavy atom. The van der Waals surface area contributed by atoms with Crippen LogP contribution in [0, 0.1) is 0 Å². The number of aryl methyl sites for hydroxylation is 1. The normalized spacial score (nSPS) is 11.4. The van der Waals surface area contributed by atoms with Crippen LogP contribution in [0.5, 0.6) is 0 Å². The first-order chi connectivity index (χ1) is 6.89. The topological polar surface area (TPSA) is 63.1 Å². The molecular weight excluding hydrogens is 213 g/mol. The van der Waals surface area contributed by atoms with Crippen molar-refractivity contribution in [1.29, 1.82) is 0 Å². The molecule has 1 aromatic heterocycles. The molecule has 7 heteroatoms. The summed E-state index contributed by atoms with van der Waals surface area (Å²) in [5.74, 6) is -0.955. The van der Waals surface area contributed by atoms with Crippen LogP contribution in [-0.4, -0.2) is 21.0 Å². The first kappa shape index (κ1) is 11.4. The van der Waals surface area contributed by atoms with E-state index < -0.39 is 17.7 Å². The van der Waals surface area contributed by atoms with Crippen molar-refractivity contribution in [2.75, 3.05) is 0 Å². The SMILES string of the molecule is O=C(O)CCc1ncc(C(F)(F)F)cn1. The van der Waals surface area contributed by atoms with Gasteiger partial charge in [0.05, 0.1) is 12.0 Å². The Morgan fingerprint density at radius 3 is 2.27 bits per heavy atom. The molecular formula is C8H7F3N2O2. The Morgan fingerprint density at radius 2 is 1.87 bits per heavy atom. The van der Waals surface area contributed by atoms with E-state index in [0.717, 1.165) is 0 Å². The second kappa shape index (κ2) is 4.24. The van der Waals surface area contributed by atoms with E-state index in [-0.39, 0.29) is 18.7 Å². The summed E-state index contributed by atoms with van der Waals surface area (Å²) in [5.41, 5.74) is -0.943. The fourth-order valence-corrected chi connectivity index (χ4v) is 0.849. The molecule has 0 spiro atoms.